The average Bonchev–Trinajstić information content (AvgIpc) is 2.27. The lowest BCUT2D eigenvalue weighted by Gasteiger charge is -2.40. The van der Waals surface area contributed by atoms with Crippen LogP contribution in [0.2, 0.25) is 0 Å². The van der Waals surface area contributed by atoms with Crippen LogP contribution in [0.15, 0.2) is 0 Å². The van der Waals surface area contributed by atoms with Gasteiger partial charge in [0.15, 0.2) is 0 Å². The molecule has 0 saturated heterocycles. The zero-order chi connectivity index (χ0) is 12.6. The Labute approximate surface area is 101 Å². The summed E-state index contributed by atoms with van der Waals surface area (Å²) in [5.74, 6) is 0.743. The molecule has 0 fully saturated rings. The van der Waals surface area contributed by atoms with Gasteiger partial charge >= 0.3 is 0 Å². The Balaban J connectivity index is 4.36. The fourth-order valence-corrected chi connectivity index (χ4v) is 2.00. The maximum absolute atomic E-state index is 5.96. The molecule has 0 aliphatic carbocycles. The molecule has 0 bridgehead atoms. The first kappa shape index (κ1) is 15.9. The minimum atomic E-state index is 0.123. The van der Waals surface area contributed by atoms with E-state index in [1.54, 1.807) is 7.11 Å². The van der Waals surface area contributed by atoms with Crippen molar-refractivity contribution in [1.82, 2.24) is 4.90 Å². The molecule has 0 aromatic heterocycles. The molecule has 0 heterocycles. The number of nitrogens with zero attached hydrogens (tertiary/aromatic N) is 1. The Morgan fingerprint density at radius 1 is 1.38 bits per heavy atom. The van der Waals surface area contributed by atoms with E-state index < -0.39 is 0 Å². The number of hydrogen-bond acceptors (Lipinski definition) is 3. The fraction of sp³-hybridized carbons (Fsp3) is 1.00. The van der Waals surface area contributed by atoms with Gasteiger partial charge in [-0.1, -0.05) is 20.8 Å². The highest BCUT2D eigenvalue weighted by molar-refractivity contribution is 4.87. The largest absolute Gasteiger partial charge is 0.383 e. The van der Waals surface area contributed by atoms with E-state index in [0.29, 0.717) is 0 Å². The van der Waals surface area contributed by atoms with Gasteiger partial charge in [-0.25, -0.2) is 0 Å². The monoisotopic (exact) mass is 230 g/mol. The van der Waals surface area contributed by atoms with Gasteiger partial charge in [-0.3, -0.25) is 4.90 Å². The summed E-state index contributed by atoms with van der Waals surface area (Å²) in [5.41, 5.74) is 6.08. The van der Waals surface area contributed by atoms with E-state index in [2.05, 4.69) is 32.6 Å². The van der Waals surface area contributed by atoms with Crippen LogP contribution in [0.4, 0.5) is 0 Å². The zero-order valence-electron chi connectivity index (χ0n) is 11.8. The molecule has 98 valence electrons. The average molecular weight is 230 g/mol. The summed E-state index contributed by atoms with van der Waals surface area (Å²) in [6.07, 6.45) is 2.40. The van der Waals surface area contributed by atoms with E-state index in [1.165, 1.54) is 12.8 Å². The summed E-state index contributed by atoms with van der Waals surface area (Å²) in [6.45, 7) is 12.5. The smallest absolute Gasteiger partial charge is 0.0589 e. The van der Waals surface area contributed by atoms with Crippen molar-refractivity contribution >= 4 is 0 Å². The molecule has 16 heavy (non-hydrogen) atoms. The van der Waals surface area contributed by atoms with Gasteiger partial charge in [-0.05, 0) is 32.2 Å². The van der Waals surface area contributed by atoms with E-state index >= 15 is 0 Å². The molecule has 0 spiro atoms. The van der Waals surface area contributed by atoms with E-state index in [0.717, 1.165) is 32.2 Å². The summed E-state index contributed by atoms with van der Waals surface area (Å²) in [4.78, 5) is 2.44. The van der Waals surface area contributed by atoms with Crippen LogP contribution >= 0.6 is 0 Å². The van der Waals surface area contributed by atoms with Gasteiger partial charge in [0, 0.05) is 25.7 Å². The molecule has 3 nitrogen and oxygen atoms in total. The van der Waals surface area contributed by atoms with Crippen LogP contribution < -0.4 is 5.73 Å². The van der Waals surface area contributed by atoms with Crippen molar-refractivity contribution in [2.24, 2.45) is 11.7 Å². The summed E-state index contributed by atoms with van der Waals surface area (Å²) >= 11 is 0. The molecule has 0 aliphatic heterocycles. The summed E-state index contributed by atoms with van der Waals surface area (Å²) < 4.78 is 5.16. The molecule has 0 rings (SSSR count). The molecule has 2 N–H and O–H groups in total. The fourth-order valence-electron chi connectivity index (χ4n) is 2.00. The molecule has 1 atom stereocenters. The van der Waals surface area contributed by atoms with Crippen molar-refractivity contribution in [3.8, 4) is 0 Å². The van der Waals surface area contributed by atoms with Gasteiger partial charge < -0.3 is 10.5 Å². The molecule has 0 aliphatic rings. The van der Waals surface area contributed by atoms with Crippen molar-refractivity contribution in [3.63, 3.8) is 0 Å². The second kappa shape index (κ2) is 8.04. The Bertz CT molecular complexity index is 173. The van der Waals surface area contributed by atoms with Crippen LogP contribution in [-0.4, -0.2) is 43.8 Å². The number of likely N-dealkylation sites (N-methyl/N-ethyl adjacent to an activating group) is 1. The molecular formula is C13H30N2O. The lowest BCUT2D eigenvalue weighted by molar-refractivity contribution is 0.0662. The summed E-state index contributed by atoms with van der Waals surface area (Å²) in [5, 5.41) is 0. The van der Waals surface area contributed by atoms with Crippen LogP contribution in [0.3, 0.4) is 0 Å². The van der Waals surface area contributed by atoms with Crippen molar-refractivity contribution in [1.29, 1.82) is 0 Å². The summed E-state index contributed by atoms with van der Waals surface area (Å²) in [7, 11) is 1.75. The van der Waals surface area contributed by atoms with Gasteiger partial charge in [0.1, 0.15) is 0 Å². The Morgan fingerprint density at radius 2 is 2.00 bits per heavy atom. The Morgan fingerprint density at radius 3 is 2.38 bits per heavy atom. The standard InChI is InChI=1S/C13H30N2O/c1-6-15(9-10-16-5)13(4,11-14)8-7-12(2)3/h12H,6-11,14H2,1-5H3. The number of ether oxygens (including phenoxy) is 1. The van der Waals surface area contributed by atoms with Crippen molar-refractivity contribution in [3.05, 3.63) is 0 Å². The topological polar surface area (TPSA) is 38.5 Å². The minimum Gasteiger partial charge on any atom is -0.383 e. The number of methoxy groups -OCH3 is 1. The van der Waals surface area contributed by atoms with E-state index in [-0.39, 0.29) is 5.54 Å². The van der Waals surface area contributed by atoms with E-state index in [1.807, 2.05) is 0 Å². The highest BCUT2D eigenvalue weighted by Crippen LogP contribution is 2.22. The lowest BCUT2D eigenvalue weighted by Crippen LogP contribution is -2.52. The third-order valence-electron chi connectivity index (χ3n) is 3.41. The van der Waals surface area contributed by atoms with Crippen LogP contribution in [0, 0.1) is 5.92 Å². The first-order valence-corrected chi connectivity index (χ1v) is 6.44. The molecular weight excluding hydrogens is 200 g/mol. The molecule has 0 saturated carbocycles. The number of nitrogens with two attached hydrogens (primary N) is 1. The second-order valence-electron chi connectivity index (χ2n) is 5.21. The Hall–Kier alpha value is -0.120. The lowest BCUT2D eigenvalue weighted by atomic mass is 9.90. The maximum Gasteiger partial charge on any atom is 0.0589 e. The number of rotatable bonds is 9. The van der Waals surface area contributed by atoms with Crippen LogP contribution in [0.1, 0.15) is 40.5 Å². The van der Waals surface area contributed by atoms with Crippen LogP contribution in [-0.2, 0) is 4.74 Å². The predicted octanol–water partition coefficient (Wildman–Crippen LogP) is 2.11. The second-order valence-corrected chi connectivity index (χ2v) is 5.21. The minimum absolute atomic E-state index is 0.123. The molecule has 0 aromatic rings. The van der Waals surface area contributed by atoms with Gasteiger partial charge in [0.2, 0.25) is 0 Å². The van der Waals surface area contributed by atoms with Crippen LogP contribution in [0.25, 0.3) is 0 Å². The van der Waals surface area contributed by atoms with Crippen LogP contribution in [0.5, 0.6) is 0 Å². The van der Waals surface area contributed by atoms with E-state index in [9.17, 15) is 0 Å². The normalized spacial score (nSPS) is 15.8. The first-order valence-electron chi connectivity index (χ1n) is 6.44. The van der Waals surface area contributed by atoms with Crippen molar-refractivity contribution in [2.75, 3.05) is 33.4 Å². The number of hydrogen-bond donors (Lipinski definition) is 1. The quantitative estimate of drug-likeness (QED) is 0.659. The molecule has 0 amide bonds. The molecule has 0 radical (unpaired) electrons. The van der Waals surface area contributed by atoms with Crippen molar-refractivity contribution in [2.45, 2.75) is 46.1 Å². The maximum atomic E-state index is 5.96. The van der Waals surface area contributed by atoms with Gasteiger partial charge in [0.25, 0.3) is 0 Å². The van der Waals surface area contributed by atoms with Gasteiger partial charge in [0.05, 0.1) is 6.61 Å². The zero-order valence-corrected chi connectivity index (χ0v) is 11.8. The third-order valence-corrected chi connectivity index (χ3v) is 3.41. The molecule has 3 heteroatoms. The van der Waals surface area contributed by atoms with Gasteiger partial charge in [-0.15, -0.1) is 0 Å². The SMILES string of the molecule is CCN(CCOC)C(C)(CN)CCC(C)C. The summed E-state index contributed by atoms with van der Waals surface area (Å²) in [6, 6.07) is 0. The Kier molecular flexibility index (Phi) is 7.98. The molecule has 1 unspecified atom stereocenters. The first-order chi connectivity index (χ1) is 7.50. The third kappa shape index (κ3) is 5.28. The van der Waals surface area contributed by atoms with E-state index in [4.69, 9.17) is 10.5 Å². The highest BCUT2D eigenvalue weighted by atomic mass is 16.5. The molecule has 0 aromatic carbocycles. The van der Waals surface area contributed by atoms with Crippen molar-refractivity contribution < 1.29 is 4.74 Å². The van der Waals surface area contributed by atoms with Gasteiger partial charge in [-0.2, -0.15) is 0 Å². The highest BCUT2D eigenvalue weighted by Gasteiger charge is 2.28. The predicted molar refractivity (Wildman–Crippen MR) is 70.7 cm³/mol.